The Hall–Kier alpha value is -1.99. The van der Waals surface area contributed by atoms with Gasteiger partial charge in [-0.05, 0) is 60.9 Å². The predicted octanol–water partition coefficient (Wildman–Crippen LogP) is 4.45. The van der Waals surface area contributed by atoms with Crippen molar-refractivity contribution in [2.75, 3.05) is 5.32 Å². The van der Waals surface area contributed by atoms with Gasteiger partial charge in [-0.3, -0.25) is 0 Å². The van der Waals surface area contributed by atoms with Crippen LogP contribution in [-0.2, 0) is 0 Å². The van der Waals surface area contributed by atoms with Gasteiger partial charge in [0.05, 0.1) is 6.07 Å². The molecule has 4 heteroatoms. The van der Waals surface area contributed by atoms with Crippen LogP contribution in [0.4, 0.5) is 5.69 Å². The Morgan fingerprint density at radius 3 is 2.40 bits per heavy atom. The Kier molecular flexibility index (Phi) is 4.31. The summed E-state index contributed by atoms with van der Waals surface area (Å²) >= 11 is 3.41. The molecule has 2 rings (SSSR count). The van der Waals surface area contributed by atoms with Crippen LogP contribution in [0, 0.1) is 25.2 Å². The first-order chi connectivity index (χ1) is 9.51. The summed E-state index contributed by atoms with van der Waals surface area (Å²) < 4.78 is 0.956. The van der Waals surface area contributed by atoms with Crippen molar-refractivity contribution in [3.8, 4) is 11.8 Å². The number of phenolic OH excluding ortho intramolecular Hbond substituents is 1. The van der Waals surface area contributed by atoms with E-state index in [1.54, 1.807) is 0 Å². The Bertz CT molecular complexity index is 653. The van der Waals surface area contributed by atoms with E-state index >= 15 is 0 Å². The summed E-state index contributed by atoms with van der Waals surface area (Å²) in [7, 11) is 0. The van der Waals surface area contributed by atoms with E-state index in [2.05, 4.69) is 27.3 Å². The molecule has 0 heterocycles. The van der Waals surface area contributed by atoms with E-state index in [4.69, 9.17) is 0 Å². The molecule has 0 saturated heterocycles. The average Bonchev–Trinajstić information content (AvgIpc) is 2.41. The molecule has 1 atom stereocenters. The second kappa shape index (κ2) is 5.98. The molecule has 0 bridgehead atoms. The largest absolute Gasteiger partial charge is 0.507 e. The highest BCUT2D eigenvalue weighted by molar-refractivity contribution is 9.10. The molecule has 1 unspecified atom stereocenters. The highest BCUT2D eigenvalue weighted by Crippen LogP contribution is 2.28. The summed E-state index contributed by atoms with van der Waals surface area (Å²) in [6, 6.07) is 13.1. The van der Waals surface area contributed by atoms with Gasteiger partial charge >= 0.3 is 0 Å². The molecule has 0 radical (unpaired) electrons. The van der Waals surface area contributed by atoms with E-state index in [0.717, 1.165) is 26.9 Å². The van der Waals surface area contributed by atoms with E-state index in [9.17, 15) is 10.4 Å². The van der Waals surface area contributed by atoms with Crippen LogP contribution >= 0.6 is 15.9 Å². The number of phenols is 1. The van der Waals surface area contributed by atoms with Gasteiger partial charge in [0, 0.05) is 10.2 Å². The van der Waals surface area contributed by atoms with E-state index in [0.29, 0.717) is 0 Å². The Labute approximate surface area is 127 Å². The lowest BCUT2D eigenvalue weighted by Crippen LogP contribution is -2.09. The second-order valence-corrected chi connectivity index (χ2v) is 5.64. The number of nitrogens with one attached hydrogen (secondary N) is 1. The topological polar surface area (TPSA) is 56.0 Å². The maximum absolute atomic E-state index is 9.80. The third kappa shape index (κ3) is 3.12. The summed E-state index contributed by atoms with van der Waals surface area (Å²) in [6.07, 6.45) is 0. The van der Waals surface area contributed by atoms with Gasteiger partial charge < -0.3 is 10.4 Å². The van der Waals surface area contributed by atoms with E-state index in [1.807, 2.05) is 50.2 Å². The lowest BCUT2D eigenvalue weighted by atomic mass is 10.0. The number of hydrogen-bond acceptors (Lipinski definition) is 3. The highest BCUT2D eigenvalue weighted by Gasteiger charge is 2.13. The molecule has 0 saturated carbocycles. The van der Waals surface area contributed by atoms with Crippen LogP contribution in [0.3, 0.4) is 0 Å². The highest BCUT2D eigenvalue weighted by atomic mass is 79.9. The average molecular weight is 331 g/mol. The first kappa shape index (κ1) is 14.4. The molecule has 2 aromatic carbocycles. The van der Waals surface area contributed by atoms with Crippen molar-refractivity contribution in [3.63, 3.8) is 0 Å². The molecule has 2 N–H and O–H groups in total. The lowest BCUT2D eigenvalue weighted by Gasteiger charge is -2.16. The third-order valence-corrected chi connectivity index (χ3v) is 3.60. The SMILES string of the molecule is Cc1cc(C(C#N)Nc2cccc(Br)c2)cc(C)c1O. The number of aromatic hydroxyl groups is 1. The Balaban J connectivity index is 2.32. The van der Waals surface area contributed by atoms with Gasteiger partial charge in [0.25, 0.3) is 0 Å². The number of rotatable bonds is 3. The summed E-state index contributed by atoms with van der Waals surface area (Å²) in [5.41, 5.74) is 3.27. The zero-order chi connectivity index (χ0) is 14.7. The smallest absolute Gasteiger partial charge is 0.140 e. The molecule has 102 valence electrons. The van der Waals surface area contributed by atoms with Crippen molar-refractivity contribution < 1.29 is 5.11 Å². The van der Waals surface area contributed by atoms with Gasteiger partial charge in [-0.25, -0.2) is 0 Å². The van der Waals surface area contributed by atoms with Crippen molar-refractivity contribution >= 4 is 21.6 Å². The number of halogens is 1. The maximum Gasteiger partial charge on any atom is 0.140 e. The summed E-state index contributed by atoms with van der Waals surface area (Å²) in [6.45, 7) is 3.67. The fraction of sp³-hybridized carbons (Fsp3) is 0.188. The zero-order valence-electron chi connectivity index (χ0n) is 11.3. The van der Waals surface area contributed by atoms with Gasteiger partial charge in [0.15, 0.2) is 0 Å². The molecule has 0 aliphatic heterocycles. The van der Waals surface area contributed by atoms with E-state index in [1.165, 1.54) is 0 Å². The fourth-order valence-corrected chi connectivity index (χ4v) is 2.49. The van der Waals surface area contributed by atoms with Crippen LogP contribution < -0.4 is 5.32 Å². The standard InChI is InChI=1S/C16H15BrN2O/c1-10-6-12(7-11(2)16(10)20)15(9-18)19-14-5-3-4-13(17)8-14/h3-8,15,19-20H,1-2H3. The van der Waals surface area contributed by atoms with Crippen LogP contribution in [0.15, 0.2) is 40.9 Å². The molecule has 0 fully saturated rings. The van der Waals surface area contributed by atoms with Crippen LogP contribution in [0.1, 0.15) is 22.7 Å². The monoisotopic (exact) mass is 330 g/mol. The van der Waals surface area contributed by atoms with Crippen molar-refractivity contribution in [1.82, 2.24) is 0 Å². The predicted molar refractivity (Wildman–Crippen MR) is 83.7 cm³/mol. The molecule has 2 aromatic rings. The van der Waals surface area contributed by atoms with E-state index in [-0.39, 0.29) is 5.75 Å². The minimum atomic E-state index is -0.456. The van der Waals surface area contributed by atoms with Crippen LogP contribution in [-0.4, -0.2) is 5.11 Å². The fourth-order valence-electron chi connectivity index (χ4n) is 2.09. The van der Waals surface area contributed by atoms with Crippen molar-refractivity contribution in [1.29, 1.82) is 5.26 Å². The van der Waals surface area contributed by atoms with Crippen molar-refractivity contribution in [2.45, 2.75) is 19.9 Å². The molecular weight excluding hydrogens is 316 g/mol. The van der Waals surface area contributed by atoms with Crippen molar-refractivity contribution in [3.05, 3.63) is 57.6 Å². The van der Waals surface area contributed by atoms with Crippen LogP contribution in [0.5, 0.6) is 5.75 Å². The quantitative estimate of drug-likeness (QED) is 0.874. The van der Waals surface area contributed by atoms with Gasteiger partial charge in [0.1, 0.15) is 11.8 Å². The van der Waals surface area contributed by atoms with Gasteiger partial charge in [-0.2, -0.15) is 5.26 Å². The zero-order valence-corrected chi connectivity index (χ0v) is 12.9. The molecule has 0 amide bonds. The lowest BCUT2D eigenvalue weighted by molar-refractivity contribution is 0.466. The third-order valence-electron chi connectivity index (χ3n) is 3.11. The molecule has 0 aromatic heterocycles. The maximum atomic E-state index is 9.80. The number of aryl methyl sites for hydroxylation is 2. The molecule has 0 spiro atoms. The van der Waals surface area contributed by atoms with E-state index < -0.39 is 6.04 Å². The number of benzene rings is 2. The van der Waals surface area contributed by atoms with Crippen molar-refractivity contribution in [2.24, 2.45) is 0 Å². The van der Waals surface area contributed by atoms with Crippen LogP contribution in [0.25, 0.3) is 0 Å². The number of hydrogen-bond donors (Lipinski definition) is 2. The van der Waals surface area contributed by atoms with Gasteiger partial charge in [0.2, 0.25) is 0 Å². The minimum Gasteiger partial charge on any atom is -0.507 e. The number of nitriles is 1. The molecule has 0 aliphatic carbocycles. The molecule has 0 aliphatic rings. The Morgan fingerprint density at radius 1 is 1.20 bits per heavy atom. The Morgan fingerprint density at radius 2 is 1.85 bits per heavy atom. The number of nitrogens with zero attached hydrogens (tertiary/aromatic N) is 1. The van der Waals surface area contributed by atoms with Gasteiger partial charge in [-0.15, -0.1) is 0 Å². The first-order valence-electron chi connectivity index (χ1n) is 6.23. The molecule has 20 heavy (non-hydrogen) atoms. The first-order valence-corrected chi connectivity index (χ1v) is 7.02. The van der Waals surface area contributed by atoms with Gasteiger partial charge in [-0.1, -0.05) is 22.0 Å². The van der Waals surface area contributed by atoms with Crippen LogP contribution in [0.2, 0.25) is 0 Å². The number of anilines is 1. The summed E-state index contributed by atoms with van der Waals surface area (Å²) in [5.74, 6) is 0.285. The normalized spacial score (nSPS) is 11.7. The second-order valence-electron chi connectivity index (χ2n) is 4.72. The molecule has 3 nitrogen and oxygen atoms in total. The molecular formula is C16H15BrN2O. The summed E-state index contributed by atoms with van der Waals surface area (Å²) in [4.78, 5) is 0. The minimum absolute atomic E-state index is 0.285. The summed E-state index contributed by atoms with van der Waals surface area (Å²) in [5, 5.41) is 22.4.